The van der Waals surface area contributed by atoms with Gasteiger partial charge in [0.15, 0.2) is 0 Å². The number of rotatable bonds is 6. The second kappa shape index (κ2) is 9.32. The van der Waals surface area contributed by atoms with Crippen LogP contribution in [-0.4, -0.2) is 68.0 Å². The van der Waals surface area contributed by atoms with Gasteiger partial charge in [0, 0.05) is 50.4 Å². The van der Waals surface area contributed by atoms with Crippen LogP contribution >= 0.6 is 0 Å². The number of nitrogens with zero attached hydrogens (tertiary/aromatic N) is 2. The average molecular weight is 385 g/mol. The highest BCUT2D eigenvalue weighted by Crippen LogP contribution is 2.12. The molecule has 2 aromatic rings. The molecular weight excluding hydrogens is 361 g/mol. The van der Waals surface area contributed by atoms with E-state index in [9.17, 15) is 14.0 Å². The Bertz CT molecular complexity index is 818. The highest BCUT2D eigenvalue weighted by molar-refractivity contribution is 5.94. The zero-order valence-electron chi connectivity index (χ0n) is 15.9. The summed E-state index contributed by atoms with van der Waals surface area (Å²) in [7, 11) is 1.58. The minimum atomic E-state index is -0.405. The first kappa shape index (κ1) is 19.8. The third kappa shape index (κ3) is 5.07. The summed E-state index contributed by atoms with van der Waals surface area (Å²) in [6, 6.07) is 12.7. The van der Waals surface area contributed by atoms with Crippen LogP contribution in [0, 0.1) is 5.82 Å². The summed E-state index contributed by atoms with van der Waals surface area (Å²) in [6.07, 6.45) is 0. The molecule has 1 saturated heterocycles. The van der Waals surface area contributed by atoms with Gasteiger partial charge in [-0.15, -0.1) is 0 Å². The quantitative estimate of drug-likeness (QED) is 0.827. The van der Waals surface area contributed by atoms with Crippen LogP contribution in [0.5, 0.6) is 5.75 Å². The summed E-state index contributed by atoms with van der Waals surface area (Å²) in [4.78, 5) is 28.5. The molecule has 0 unspecified atom stereocenters. The summed E-state index contributed by atoms with van der Waals surface area (Å²) >= 11 is 0. The van der Waals surface area contributed by atoms with Crippen molar-refractivity contribution in [1.29, 1.82) is 0 Å². The topological polar surface area (TPSA) is 61.9 Å². The van der Waals surface area contributed by atoms with Gasteiger partial charge in [0.2, 0.25) is 0 Å². The van der Waals surface area contributed by atoms with Crippen LogP contribution in [0.1, 0.15) is 20.7 Å². The molecule has 2 amide bonds. The third-order valence-corrected chi connectivity index (χ3v) is 4.80. The van der Waals surface area contributed by atoms with Crippen LogP contribution in [0.15, 0.2) is 48.5 Å². The van der Waals surface area contributed by atoms with E-state index in [-0.39, 0.29) is 11.8 Å². The van der Waals surface area contributed by atoms with Gasteiger partial charge in [-0.3, -0.25) is 14.5 Å². The fourth-order valence-corrected chi connectivity index (χ4v) is 3.15. The van der Waals surface area contributed by atoms with Crippen molar-refractivity contribution in [2.24, 2.45) is 0 Å². The van der Waals surface area contributed by atoms with Crippen LogP contribution in [0.2, 0.25) is 0 Å². The number of nitrogens with one attached hydrogen (secondary N) is 1. The van der Waals surface area contributed by atoms with E-state index in [1.807, 2.05) is 0 Å². The average Bonchev–Trinajstić information content (AvgIpc) is 2.73. The van der Waals surface area contributed by atoms with Gasteiger partial charge in [-0.1, -0.05) is 6.07 Å². The van der Waals surface area contributed by atoms with E-state index in [1.165, 1.54) is 12.1 Å². The van der Waals surface area contributed by atoms with Gasteiger partial charge in [-0.05, 0) is 42.5 Å². The standard InChI is InChI=1S/C21H24FN3O3/c1-28-19-7-5-16(6-8-19)20(26)23-9-10-24-11-13-25(14-12-24)21(27)17-3-2-4-18(22)15-17/h2-8,15H,9-14H2,1H3,(H,23,26). The minimum Gasteiger partial charge on any atom is -0.497 e. The number of hydrogen-bond donors (Lipinski definition) is 1. The fraction of sp³-hybridized carbons (Fsp3) is 0.333. The Morgan fingerprint density at radius 3 is 2.39 bits per heavy atom. The van der Waals surface area contributed by atoms with Gasteiger partial charge in [0.25, 0.3) is 11.8 Å². The second-order valence-electron chi connectivity index (χ2n) is 6.63. The number of ether oxygens (including phenoxy) is 1. The molecule has 7 heteroatoms. The van der Waals surface area contributed by atoms with Gasteiger partial charge in [0.05, 0.1) is 7.11 Å². The largest absolute Gasteiger partial charge is 0.497 e. The first-order chi connectivity index (χ1) is 13.6. The second-order valence-corrected chi connectivity index (χ2v) is 6.63. The number of benzene rings is 2. The van der Waals surface area contributed by atoms with Gasteiger partial charge in [0.1, 0.15) is 11.6 Å². The number of piperazine rings is 1. The summed E-state index contributed by atoms with van der Waals surface area (Å²) < 4.78 is 18.4. The van der Waals surface area contributed by atoms with E-state index in [4.69, 9.17) is 4.74 Å². The number of carbonyl (C=O) groups is 2. The monoisotopic (exact) mass is 385 g/mol. The predicted octanol–water partition coefficient (Wildman–Crippen LogP) is 2.02. The normalized spacial score (nSPS) is 14.6. The Morgan fingerprint density at radius 1 is 1.04 bits per heavy atom. The van der Waals surface area contributed by atoms with E-state index < -0.39 is 5.82 Å². The van der Waals surface area contributed by atoms with Crippen LogP contribution < -0.4 is 10.1 Å². The Morgan fingerprint density at radius 2 is 1.75 bits per heavy atom. The minimum absolute atomic E-state index is 0.123. The van der Waals surface area contributed by atoms with Crippen molar-refractivity contribution in [2.75, 3.05) is 46.4 Å². The third-order valence-electron chi connectivity index (χ3n) is 4.80. The maximum atomic E-state index is 13.3. The number of amides is 2. The Hall–Kier alpha value is -2.93. The maximum Gasteiger partial charge on any atom is 0.254 e. The SMILES string of the molecule is COc1ccc(C(=O)NCCN2CCN(C(=O)c3cccc(F)c3)CC2)cc1. The van der Waals surface area contributed by atoms with Gasteiger partial charge < -0.3 is 15.0 Å². The van der Waals surface area contributed by atoms with E-state index >= 15 is 0 Å². The Labute approximate surface area is 163 Å². The lowest BCUT2D eigenvalue weighted by molar-refractivity contribution is 0.0637. The zero-order valence-corrected chi connectivity index (χ0v) is 15.9. The Kier molecular flexibility index (Phi) is 6.60. The molecule has 0 radical (unpaired) electrons. The highest BCUT2D eigenvalue weighted by atomic mass is 19.1. The highest BCUT2D eigenvalue weighted by Gasteiger charge is 2.22. The number of carbonyl (C=O) groups excluding carboxylic acids is 2. The van der Waals surface area contributed by atoms with Crippen molar-refractivity contribution < 1.29 is 18.7 Å². The molecule has 1 aliphatic heterocycles. The number of halogens is 1. The molecule has 1 aliphatic rings. The molecule has 6 nitrogen and oxygen atoms in total. The summed E-state index contributed by atoms with van der Waals surface area (Å²) in [6.45, 7) is 3.86. The molecule has 0 aromatic heterocycles. The molecule has 3 rings (SSSR count). The molecule has 0 spiro atoms. The van der Waals surface area contributed by atoms with Gasteiger partial charge in [-0.2, -0.15) is 0 Å². The van der Waals surface area contributed by atoms with Gasteiger partial charge >= 0.3 is 0 Å². The lowest BCUT2D eigenvalue weighted by Crippen LogP contribution is -2.50. The molecule has 1 fully saturated rings. The molecular formula is C21H24FN3O3. The van der Waals surface area contributed by atoms with Crippen molar-refractivity contribution in [2.45, 2.75) is 0 Å². The van der Waals surface area contributed by atoms with Crippen molar-refractivity contribution in [3.05, 3.63) is 65.5 Å². The number of hydrogen-bond acceptors (Lipinski definition) is 4. The zero-order chi connectivity index (χ0) is 19.9. The first-order valence-corrected chi connectivity index (χ1v) is 9.26. The molecule has 148 valence electrons. The van der Waals surface area contributed by atoms with Crippen LogP contribution in [0.4, 0.5) is 4.39 Å². The van der Waals surface area contributed by atoms with Crippen molar-refractivity contribution in [3.63, 3.8) is 0 Å². The Balaban J connectivity index is 1.40. The van der Waals surface area contributed by atoms with E-state index in [2.05, 4.69) is 10.2 Å². The summed E-state index contributed by atoms with van der Waals surface area (Å²) in [5.41, 5.74) is 0.964. The smallest absolute Gasteiger partial charge is 0.254 e. The molecule has 0 atom stereocenters. The van der Waals surface area contributed by atoms with E-state index in [0.29, 0.717) is 43.1 Å². The van der Waals surface area contributed by atoms with Crippen LogP contribution in [0.3, 0.4) is 0 Å². The lowest BCUT2D eigenvalue weighted by atomic mass is 10.1. The van der Waals surface area contributed by atoms with E-state index in [0.717, 1.165) is 13.1 Å². The molecule has 0 aliphatic carbocycles. The summed E-state index contributed by atoms with van der Waals surface area (Å²) in [5, 5.41) is 2.91. The first-order valence-electron chi connectivity index (χ1n) is 9.26. The van der Waals surface area contributed by atoms with E-state index in [1.54, 1.807) is 48.4 Å². The lowest BCUT2D eigenvalue weighted by Gasteiger charge is -2.34. The molecule has 1 heterocycles. The van der Waals surface area contributed by atoms with Crippen LogP contribution in [-0.2, 0) is 0 Å². The molecule has 2 aromatic carbocycles. The predicted molar refractivity (Wildman–Crippen MR) is 104 cm³/mol. The fourth-order valence-electron chi connectivity index (χ4n) is 3.15. The molecule has 0 bridgehead atoms. The molecule has 28 heavy (non-hydrogen) atoms. The summed E-state index contributed by atoms with van der Waals surface area (Å²) in [5.74, 6) is 0.0360. The number of methoxy groups -OCH3 is 1. The van der Waals surface area contributed by atoms with Crippen molar-refractivity contribution >= 4 is 11.8 Å². The molecule has 0 saturated carbocycles. The maximum absolute atomic E-state index is 13.3. The van der Waals surface area contributed by atoms with Gasteiger partial charge in [-0.25, -0.2) is 4.39 Å². The molecule has 1 N–H and O–H groups in total. The van der Waals surface area contributed by atoms with Crippen LogP contribution in [0.25, 0.3) is 0 Å². The van der Waals surface area contributed by atoms with Crippen molar-refractivity contribution in [1.82, 2.24) is 15.1 Å². The van der Waals surface area contributed by atoms with Crippen molar-refractivity contribution in [3.8, 4) is 5.75 Å².